The molecule has 2 saturated heterocycles. The SMILES string of the molecule is CCOC(=O)[C@H](Cc1ccccc1)NP(=O)(N[C@@H](Cc1ccccc1)C(=O)OCC)OC[C@H]1OC(n2cnc3c(N4CCOCC4)nc(N)nc32)C(C)(O)C1O. The summed E-state index contributed by atoms with van der Waals surface area (Å²) in [4.78, 5) is 42.0. The van der Waals surface area contributed by atoms with Gasteiger partial charge in [0.1, 0.15) is 29.9 Å². The van der Waals surface area contributed by atoms with Crippen molar-refractivity contribution in [2.45, 2.75) is 69.7 Å². The number of nitrogens with two attached hydrogens (primary N) is 1. The highest BCUT2D eigenvalue weighted by Crippen LogP contribution is 2.45. The summed E-state index contributed by atoms with van der Waals surface area (Å²) in [6.07, 6.45) is -2.62. The van der Waals surface area contributed by atoms with E-state index in [1.807, 2.05) is 17.0 Å². The third kappa shape index (κ3) is 9.53. The lowest BCUT2D eigenvalue weighted by Crippen LogP contribution is -2.47. The Labute approximate surface area is 324 Å². The first-order valence-corrected chi connectivity index (χ1v) is 20.1. The number of hydrogen-bond acceptors (Lipinski definition) is 15. The molecule has 302 valence electrons. The molecule has 0 spiro atoms. The minimum absolute atomic E-state index is 0.0322. The number of nitrogens with zero attached hydrogens (tertiary/aromatic N) is 5. The molecule has 0 aliphatic carbocycles. The van der Waals surface area contributed by atoms with Gasteiger partial charge in [-0.1, -0.05) is 60.7 Å². The van der Waals surface area contributed by atoms with Gasteiger partial charge in [0.05, 0.1) is 39.4 Å². The van der Waals surface area contributed by atoms with E-state index < -0.39 is 62.3 Å². The van der Waals surface area contributed by atoms with Crippen LogP contribution in [0.4, 0.5) is 11.8 Å². The number of fused-ring (bicyclic) bond motifs is 1. The standard InChI is InChI=1S/C37H49N8O10P/c1-4-52-33(47)26(20-24-12-8-6-9-13-24)42-56(50,43-27(34(48)53-5-2)21-25-14-10-7-11-15-25)54-22-28-30(46)37(3,49)35(55-28)45-23-39-29-31(40-36(38)41-32(29)45)44-16-18-51-19-17-44/h6-15,23,26-28,30,35,46,49H,4-5,16-22H2,1-3H3,(H2,38,40,41)(H2,42,43,50)/t26-,27-,28+,30?,35?,37?/m0/s1. The molecule has 2 aromatic heterocycles. The molecule has 19 heteroatoms. The monoisotopic (exact) mass is 796 g/mol. The van der Waals surface area contributed by atoms with Gasteiger partial charge < -0.3 is 44.3 Å². The number of nitrogen functional groups attached to an aromatic ring is 1. The summed E-state index contributed by atoms with van der Waals surface area (Å²) >= 11 is 0. The van der Waals surface area contributed by atoms with Crippen molar-refractivity contribution in [2.75, 3.05) is 56.8 Å². The van der Waals surface area contributed by atoms with Crippen molar-refractivity contribution in [1.82, 2.24) is 29.7 Å². The number of morpholine rings is 1. The Kier molecular flexibility index (Phi) is 13.3. The van der Waals surface area contributed by atoms with Crippen LogP contribution in [-0.4, -0.2) is 118 Å². The third-order valence-corrected chi connectivity index (χ3v) is 11.3. The second-order valence-corrected chi connectivity index (χ2v) is 15.5. The number of nitrogens with one attached hydrogen (secondary N) is 2. The Hall–Kier alpha value is -4.52. The van der Waals surface area contributed by atoms with Crippen molar-refractivity contribution in [1.29, 1.82) is 0 Å². The summed E-state index contributed by atoms with van der Waals surface area (Å²) in [5, 5.41) is 28.9. The van der Waals surface area contributed by atoms with E-state index in [0.717, 1.165) is 11.1 Å². The average Bonchev–Trinajstić information content (AvgIpc) is 3.70. The van der Waals surface area contributed by atoms with Gasteiger partial charge in [-0.3, -0.25) is 18.7 Å². The van der Waals surface area contributed by atoms with E-state index in [1.165, 1.54) is 17.8 Å². The van der Waals surface area contributed by atoms with Crippen LogP contribution < -0.4 is 20.8 Å². The molecule has 3 unspecified atom stereocenters. The molecule has 6 N–H and O–H groups in total. The Balaban J connectivity index is 1.29. The molecule has 0 amide bonds. The zero-order valence-corrected chi connectivity index (χ0v) is 32.4. The molecule has 4 aromatic rings. The van der Waals surface area contributed by atoms with E-state index in [-0.39, 0.29) is 37.7 Å². The second-order valence-electron chi connectivity index (χ2n) is 13.6. The summed E-state index contributed by atoms with van der Waals surface area (Å²) in [6, 6.07) is 15.7. The van der Waals surface area contributed by atoms with Crippen LogP contribution in [0.3, 0.4) is 0 Å². The van der Waals surface area contributed by atoms with Gasteiger partial charge in [0.25, 0.3) is 0 Å². The van der Waals surface area contributed by atoms with Crippen molar-refractivity contribution < 1.29 is 47.8 Å². The number of esters is 2. The molecule has 0 bridgehead atoms. The number of imidazole rings is 1. The highest BCUT2D eigenvalue weighted by atomic mass is 31.2. The molecule has 18 nitrogen and oxygen atoms in total. The Bertz CT molecular complexity index is 1910. The lowest BCUT2D eigenvalue weighted by Gasteiger charge is -2.30. The first-order valence-electron chi connectivity index (χ1n) is 18.5. The van der Waals surface area contributed by atoms with Gasteiger partial charge in [0, 0.05) is 13.1 Å². The number of aliphatic hydroxyl groups is 2. The zero-order valence-electron chi connectivity index (χ0n) is 31.5. The van der Waals surface area contributed by atoms with Crippen molar-refractivity contribution in [3.63, 3.8) is 0 Å². The summed E-state index contributed by atoms with van der Waals surface area (Å²) < 4.78 is 45.0. The molecule has 4 heterocycles. The van der Waals surface area contributed by atoms with Gasteiger partial charge in [0.2, 0.25) is 5.95 Å². The van der Waals surface area contributed by atoms with Crippen LogP contribution in [0.15, 0.2) is 67.0 Å². The highest BCUT2D eigenvalue weighted by molar-refractivity contribution is 7.54. The minimum Gasteiger partial charge on any atom is -0.465 e. The van der Waals surface area contributed by atoms with Gasteiger partial charge in [0.15, 0.2) is 23.2 Å². The molecule has 2 aliphatic heterocycles. The number of carbonyl (C=O) groups is 2. The van der Waals surface area contributed by atoms with E-state index >= 15 is 4.57 Å². The number of hydrogen-bond donors (Lipinski definition) is 5. The van der Waals surface area contributed by atoms with E-state index in [2.05, 4.69) is 25.1 Å². The predicted octanol–water partition coefficient (Wildman–Crippen LogP) is 1.91. The quantitative estimate of drug-likeness (QED) is 0.0758. The highest BCUT2D eigenvalue weighted by Gasteiger charge is 2.54. The number of anilines is 2. The van der Waals surface area contributed by atoms with Crippen LogP contribution in [0.25, 0.3) is 11.2 Å². The molecule has 2 aliphatic rings. The topological polar surface area (TPSA) is 235 Å². The molecule has 6 rings (SSSR count). The number of carbonyl (C=O) groups excluding carboxylic acids is 2. The Morgan fingerprint density at radius 1 is 0.964 bits per heavy atom. The minimum atomic E-state index is -4.48. The fourth-order valence-corrected chi connectivity index (χ4v) is 8.51. The smallest absolute Gasteiger partial charge is 0.342 e. The number of aromatic nitrogens is 4. The van der Waals surface area contributed by atoms with Gasteiger partial charge in [-0.25, -0.2) is 15.2 Å². The van der Waals surface area contributed by atoms with Gasteiger partial charge in [-0.2, -0.15) is 9.97 Å². The summed E-state index contributed by atoms with van der Waals surface area (Å²) in [7, 11) is -4.48. The molecular formula is C37H49N8O10P. The maximum atomic E-state index is 15.0. The lowest BCUT2D eigenvalue weighted by molar-refractivity contribution is -0.145. The lowest BCUT2D eigenvalue weighted by atomic mass is 9.96. The number of benzene rings is 2. The zero-order chi connectivity index (χ0) is 39.9. The van der Waals surface area contributed by atoms with Gasteiger partial charge in [-0.05, 0) is 44.7 Å². The van der Waals surface area contributed by atoms with E-state index in [4.69, 9.17) is 29.2 Å². The van der Waals surface area contributed by atoms with Crippen LogP contribution in [0, 0.1) is 0 Å². The van der Waals surface area contributed by atoms with Gasteiger partial charge >= 0.3 is 19.6 Å². The first kappa shape index (κ1) is 41.1. The summed E-state index contributed by atoms with van der Waals surface area (Å²) in [5.74, 6) is -0.954. The maximum absolute atomic E-state index is 15.0. The first-order chi connectivity index (χ1) is 26.9. The average molecular weight is 797 g/mol. The summed E-state index contributed by atoms with van der Waals surface area (Å²) in [5.41, 5.74) is 6.30. The van der Waals surface area contributed by atoms with Crippen molar-refractivity contribution >= 4 is 42.5 Å². The molecule has 0 radical (unpaired) electrons. The second kappa shape index (κ2) is 18.2. The number of ether oxygens (including phenoxy) is 4. The van der Waals surface area contributed by atoms with Crippen LogP contribution in [0.5, 0.6) is 0 Å². The number of rotatable bonds is 17. The predicted molar refractivity (Wildman–Crippen MR) is 204 cm³/mol. The maximum Gasteiger partial charge on any atom is 0.342 e. The fraction of sp³-hybridized carbons (Fsp3) is 0.486. The van der Waals surface area contributed by atoms with E-state index in [1.54, 1.807) is 62.4 Å². The largest absolute Gasteiger partial charge is 0.465 e. The normalized spacial score (nSPS) is 22.5. The molecule has 6 atom stereocenters. The van der Waals surface area contributed by atoms with Crippen LogP contribution in [0.1, 0.15) is 38.1 Å². The van der Waals surface area contributed by atoms with Crippen LogP contribution in [-0.2, 0) is 50.5 Å². The molecular weight excluding hydrogens is 747 g/mol. The van der Waals surface area contributed by atoms with E-state index in [0.29, 0.717) is 37.6 Å². The Morgan fingerprint density at radius 2 is 1.52 bits per heavy atom. The van der Waals surface area contributed by atoms with Crippen LogP contribution in [0.2, 0.25) is 0 Å². The van der Waals surface area contributed by atoms with Gasteiger partial charge in [-0.15, -0.1) is 0 Å². The molecule has 2 aromatic carbocycles. The van der Waals surface area contributed by atoms with Crippen molar-refractivity contribution in [3.05, 3.63) is 78.1 Å². The summed E-state index contributed by atoms with van der Waals surface area (Å²) in [6.45, 7) is 6.31. The van der Waals surface area contributed by atoms with Crippen molar-refractivity contribution in [2.24, 2.45) is 0 Å². The van der Waals surface area contributed by atoms with Crippen LogP contribution >= 0.6 is 7.67 Å². The Morgan fingerprint density at radius 3 is 2.05 bits per heavy atom. The van der Waals surface area contributed by atoms with E-state index in [9.17, 15) is 19.8 Å². The molecule has 0 saturated carbocycles. The number of aliphatic hydroxyl groups excluding tert-OH is 1. The third-order valence-electron chi connectivity index (χ3n) is 9.52. The molecule has 56 heavy (non-hydrogen) atoms. The molecule has 2 fully saturated rings. The van der Waals surface area contributed by atoms with Crippen molar-refractivity contribution in [3.8, 4) is 0 Å². The fourth-order valence-electron chi connectivity index (χ4n) is 6.71.